The summed E-state index contributed by atoms with van der Waals surface area (Å²) in [5.41, 5.74) is 4.76. The van der Waals surface area contributed by atoms with E-state index in [4.69, 9.17) is 0 Å². The van der Waals surface area contributed by atoms with Gasteiger partial charge in [0, 0.05) is 5.92 Å². The number of aryl methyl sites for hydroxylation is 1. The molecule has 0 radical (unpaired) electrons. The fourth-order valence-corrected chi connectivity index (χ4v) is 6.22. The van der Waals surface area contributed by atoms with Crippen molar-refractivity contribution in [3.63, 3.8) is 0 Å². The number of carbonyl (C=O) groups excluding carboxylic acids is 2. The molecule has 1 aliphatic heterocycles. The molecule has 2 atom stereocenters. The van der Waals surface area contributed by atoms with Gasteiger partial charge in [0.05, 0.1) is 29.5 Å². The molecule has 0 unspecified atom stereocenters. The first-order valence-electron chi connectivity index (χ1n) is 10.3. The molecule has 0 saturated carbocycles. The van der Waals surface area contributed by atoms with E-state index in [1.807, 2.05) is 79.7 Å². The second-order valence-electron chi connectivity index (χ2n) is 8.64. The summed E-state index contributed by atoms with van der Waals surface area (Å²) in [7, 11) is 0. The number of aliphatic hydroxyl groups is 1. The summed E-state index contributed by atoms with van der Waals surface area (Å²) in [5, 5.41) is 10.8. The van der Waals surface area contributed by atoms with Gasteiger partial charge in [0.1, 0.15) is 0 Å². The lowest BCUT2D eigenvalue weighted by molar-refractivity contribution is -0.124. The smallest absolute Gasteiger partial charge is 0.239 e. The maximum atomic E-state index is 13.8. The molecule has 4 nitrogen and oxygen atoms in total. The third-order valence-electron chi connectivity index (χ3n) is 7.30. The molecule has 2 bridgehead atoms. The van der Waals surface area contributed by atoms with Gasteiger partial charge in [-0.3, -0.25) is 9.59 Å². The van der Waals surface area contributed by atoms with Crippen LogP contribution in [0.3, 0.4) is 0 Å². The van der Waals surface area contributed by atoms with Crippen LogP contribution < -0.4 is 4.90 Å². The van der Waals surface area contributed by atoms with Crippen LogP contribution in [0, 0.1) is 18.8 Å². The highest BCUT2D eigenvalue weighted by Gasteiger charge is 2.68. The van der Waals surface area contributed by atoms with E-state index in [0.717, 1.165) is 27.8 Å². The second kappa shape index (κ2) is 5.89. The molecule has 4 aliphatic rings. The SMILES string of the molecule is Cc1cccc(N2C(=O)[C@@H]3C4c5ccccc5C(CO)(c5ccccc54)[C@@H]3C2=O)c1. The number of hydrogen-bond donors (Lipinski definition) is 1. The van der Waals surface area contributed by atoms with Crippen molar-refractivity contribution in [2.24, 2.45) is 11.8 Å². The normalized spacial score (nSPS) is 28.3. The lowest BCUT2D eigenvalue weighted by Gasteiger charge is -2.53. The van der Waals surface area contributed by atoms with Crippen molar-refractivity contribution >= 4 is 17.5 Å². The minimum Gasteiger partial charge on any atom is -0.395 e. The van der Waals surface area contributed by atoms with Crippen LogP contribution in [0.4, 0.5) is 5.69 Å². The Hall–Kier alpha value is -3.24. The van der Waals surface area contributed by atoms with Gasteiger partial charge in [-0.25, -0.2) is 4.90 Å². The largest absolute Gasteiger partial charge is 0.395 e. The van der Waals surface area contributed by atoms with Crippen LogP contribution >= 0.6 is 0 Å². The predicted octanol–water partition coefficient (Wildman–Crippen LogP) is 3.54. The second-order valence-corrected chi connectivity index (χ2v) is 8.64. The molecule has 1 saturated heterocycles. The molecule has 0 aromatic heterocycles. The van der Waals surface area contributed by atoms with Crippen LogP contribution in [0.25, 0.3) is 0 Å². The monoisotopic (exact) mass is 395 g/mol. The van der Waals surface area contributed by atoms with Crippen LogP contribution in [0.1, 0.15) is 33.7 Å². The van der Waals surface area contributed by atoms with Gasteiger partial charge in [-0.05, 0) is 46.9 Å². The van der Waals surface area contributed by atoms with Crippen molar-refractivity contribution in [2.45, 2.75) is 18.3 Å². The van der Waals surface area contributed by atoms with Gasteiger partial charge in [0.15, 0.2) is 0 Å². The summed E-state index contributed by atoms with van der Waals surface area (Å²) < 4.78 is 0. The van der Waals surface area contributed by atoms with Crippen LogP contribution in [0.2, 0.25) is 0 Å². The highest BCUT2D eigenvalue weighted by Crippen LogP contribution is 2.64. The van der Waals surface area contributed by atoms with E-state index in [0.29, 0.717) is 5.69 Å². The van der Waals surface area contributed by atoms with Gasteiger partial charge < -0.3 is 5.11 Å². The highest BCUT2D eigenvalue weighted by molar-refractivity contribution is 6.23. The van der Waals surface area contributed by atoms with Crippen molar-refractivity contribution in [3.8, 4) is 0 Å². The Morgan fingerprint density at radius 3 is 2.10 bits per heavy atom. The Bertz CT molecular complexity index is 1180. The first-order valence-corrected chi connectivity index (χ1v) is 10.3. The molecule has 1 heterocycles. The van der Waals surface area contributed by atoms with E-state index in [1.165, 1.54) is 4.90 Å². The minimum absolute atomic E-state index is 0.164. The summed E-state index contributed by atoms with van der Waals surface area (Å²) in [6.07, 6.45) is 0. The van der Waals surface area contributed by atoms with E-state index < -0.39 is 17.3 Å². The van der Waals surface area contributed by atoms with Gasteiger partial charge in [0.2, 0.25) is 11.8 Å². The third kappa shape index (κ3) is 1.90. The fourth-order valence-electron chi connectivity index (χ4n) is 6.22. The summed E-state index contributed by atoms with van der Waals surface area (Å²) in [6, 6.07) is 23.5. The van der Waals surface area contributed by atoms with E-state index >= 15 is 0 Å². The van der Waals surface area contributed by atoms with E-state index in [-0.39, 0.29) is 24.3 Å². The van der Waals surface area contributed by atoms with Gasteiger partial charge in [-0.15, -0.1) is 0 Å². The number of aliphatic hydroxyl groups excluding tert-OH is 1. The Kier molecular flexibility index (Phi) is 3.46. The predicted molar refractivity (Wildman–Crippen MR) is 113 cm³/mol. The summed E-state index contributed by atoms with van der Waals surface area (Å²) >= 11 is 0. The summed E-state index contributed by atoms with van der Waals surface area (Å²) in [4.78, 5) is 28.9. The molecule has 148 valence electrons. The average molecular weight is 395 g/mol. The highest BCUT2D eigenvalue weighted by atomic mass is 16.3. The van der Waals surface area contributed by atoms with Crippen LogP contribution in [-0.4, -0.2) is 23.5 Å². The van der Waals surface area contributed by atoms with E-state index in [1.54, 1.807) is 0 Å². The first-order chi connectivity index (χ1) is 14.6. The molecule has 3 aliphatic carbocycles. The molecule has 30 heavy (non-hydrogen) atoms. The molecule has 1 fully saturated rings. The Morgan fingerprint density at radius 2 is 1.50 bits per heavy atom. The van der Waals surface area contributed by atoms with E-state index in [2.05, 4.69) is 0 Å². The van der Waals surface area contributed by atoms with Crippen LogP contribution in [0.5, 0.6) is 0 Å². The average Bonchev–Trinajstić information content (AvgIpc) is 3.05. The number of benzene rings is 3. The van der Waals surface area contributed by atoms with Crippen molar-refractivity contribution in [1.82, 2.24) is 0 Å². The van der Waals surface area contributed by atoms with Gasteiger partial charge in [-0.1, -0.05) is 60.7 Å². The lowest BCUT2D eigenvalue weighted by Crippen LogP contribution is -2.55. The molecular formula is C26H21NO3. The molecule has 3 aromatic carbocycles. The Morgan fingerprint density at radius 1 is 0.867 bits per heavy atom. The quantitative estimate of drug-likeness (QED) is 0.676. The van der Waals surface area contributed by atoms with Crippen LogP contribution in [-0.2, 0) is 15.0 Å². The Labute approximate surface area is 174 Å². The summed E-state index contributed by atoms with van der Waals surface area (Å²) in [6.45, 7) is 1.74. The maximum absolute atomic E-state index is 13.8. The molecule has 2 amide bonds. The number of nitrogens with zero attached hydrogens (tertiary/aromatic N) is 1. The first kappa shape index (κ1) is 17.6. The number of rotatable bonds is 2. The van der Waals surface area contributed by atoms with Crippen molar-refractivity contribution in [3.05, 3.63) is 101 Å². The van der Waals surface area contributed by atoms with Crippen molar-refractivity contribution in [1.29, 1.82) is 0 Å². The van der Waals surface area contributed by atoms with Gasteiger partial charge >= 0.3 is 0 Å². The zero-order chi connectivity index (χ0) is 20.6. The topological polar surface area (TPSA) is 57.6 Å². The number of amides is 2. The lowest BCUT2D eigenvalue weighted by atomic mass is 9.47. The number of imide groups is 1. The number of carbonyl (C=O) groups is 2. The third-order valence-corrected chi connectivity index (χ3v) is 7.30. The number of hydrogen-bond acceptors (Lipinski definition) is 3. The molecule has 1 N–H and O–H groups in total. The van der Waals surface area contributed by atoms with Gasteiger partial charge in [-0.2, -0.15) is 0 Å². The van der Waals surface area contributed by atoms with Crippen LogP contribution in [0.15, 0.2) is 72.8 Å². The van der Waals surface area contributed by atoms with E-state index in [9.17, 15) is 14.7 Å². The summed E-state index contributed by atoms with van der Waals surface area (Å²) in [5.74, 6) is -1.66. The van der Waals surface area contributed by atoms with Gasteiger partial charge in [0.25, 0.3) is 0 Å². The number of anilines is 1. The molecule has 0 spiro atoms. The molecule has 3 aromatic rings. The maximum Gasteiger partial charge on any atom is 0.239 e. The Balaban J connectivity index is 1.65. The molecule has 7 rings (SSSR count). The zero-order valence-electron chi connectivity index (χ0n) is 16.6. The van der Waals surface area contributed by atoms with Crippen molar-refractivity contribution in [2.75, 3.05) is 11.5 Å². The minimum atomic E-state index is -0.905. The zero-order valence-corrected chi connectivity index (χ0v) is 16.6. The molecular weight excluding hydrogens is 374 g/mol. The molecule has 4 heteroatoms. The fraction of sp³-hybridized carbons (Fsp3) is 0.231. The van der Waals surface area contributed by atoms with Crippen molar-refractivity contribution < 1.29 is 14.7 Å². The standard InChI is InChI=1S/C26H21NO3/c1-15-7-6-8-16(13-15)27-24(29)22-21-17-9-2-4-11-19(17)26(14-28,23(22)25(27)30)20-12-5-3-10-18(20)21/h2-13,21-23,28H,14H2,1H3/t21?,22-,23+,26?/m1/s1.